The first kappa shape index (κ1) is 11.8. The molecule has 17 heavy (non-hydrogen) atoms. The summed E-state index contributed by atoms with van der Waals surface area (Å²) < 4.78 is 18.6. The number of benzene rings is 1. The Kier molecular flexibility index (Phi) is 3.54. The molecule has 0 aromatic heterocycles. The fourth-order valence-corrected chi connectivity index (χ4v) is 1.89. The van der Waals surface area contributed by atoms with Gasteiger partial charge in [-0.2, -0.15) is 0 Å². The zero-order valence-corrected chi connectivity index (χ0v) is 9.43. The lowest BCUT2D eigenvalue weighted by molar-refractivity contribution is -0.133. The van der Waals surface area contributed by atoms with E-state index in [9.17, 15) is 9.18 Å². The van der Waals surface area contributed by atoms with Crippen LogP contribution in [-0.2, 0) is 9.53 Å². The van der Waals surface area contributed by atoms with Gasteiger partial charge in [-0.05, 0) is 23.8 Å². The predicted molar refractivity (Wildman–Crippen MR) is 61.9 cm³/mol. The highest BCUT2D eigenvalue weighted by Crippen LogP contribution is 2.22. The van der Waals surface area contributed by atoms with Gasteiger partial charge in [-0.25, -0.2) is 4.39 Å². The van der Waals surface area contributed by atoms with Crippen LogP contribution in [0.15, 0.2) is 36.9 Å². The standard InChI is InChI=1S/C13H14FNO2/c1-2-13(16)15-6-7-17-12(9-15)10-4-3-5-11(14)8-10/h2-5,8,12H,1,6-7,9H2. The summed E-state index contributed by atoms with van der Waals surface area (Å²) in [5.41, 5.74) is 0.756. The highest BCUT2D eigenvalue weighted by atomic mass is 19.1. The lowest BCUT2D eigenvalue weighted by Crippen LogP contribution is -2.41. The molecular formula is C13H14FNO2. The third-order valence-corrected chi connectivity index (χ3v) is 2.77. The van der Waals surface area contributed by atoms with E-state index in [0.29, 0.717) is 19.7 Å². The maximum atomic E-state index is 13.1. The van der Waals surface area contributed by atoms with Gasteiger partial charge < -0.3 is 9.64 Å². The van der Waals surface area contributed by atoms with Gasteiger partial charge in [0.25, 0.3) is 0 Å². The zero-order chi connectivity index (χ0) is 12.3. The van der Waals surface area contributed by atoms with Crippen molar-refractivity contribution in [1.82, 2.24) is 4.90 Å². The van der Waals surface area contributed by atoms with Crippen LogP contribution >= 0.6 is 0 Å². The monoisotopic (exact) mass is 235 g/mol. The molecule has 1 heterocycles. The van der Waals surface area contributed by atoms with Crippen molar-refractivity contribution in [2.75, 3.05) is 19.7 Å². The average Bonchev–Trinajstić information content (AvgIpc) is 2.38. The SMILES string of the molecule is C=CC(=O)N1CCOC(c2cccc(F)c2)C1. The maximum Gasteiger partial charge on any atom is 0.246 e. The second kappa shape index (κ2) is 5.10. The quantitative estimate of drug-likeness (QED) is 0.733. The zero-order valence-electron chi connectivity index (χ0n) is 9.43. The Balaban J connectivity index is 2.12. The molecule has 1 atom stereocenters. The van der Waals surface area contributed by atoms with Crippen molar-refractivity contribution in [1.29, 1.82) is 0 Å². The van der Waals surface area contributed by atoms with E-state index in [1.54, 1.807) is 17.0 Å². The number of carbonyl (C=O) groups excluding carboxylic acids is 1. The van der Waals surface area contributed by atoms with Gasteiger partial charge in [0, 0.05) is 6.54 Å². The third-order valence-electron chi connectivity index (χ3n) is 2.77. The number of hydrogen-bond acceptors (Lipinski definition) is 2. The van der Waals surface area contributed by atoms with Gasteiger partial charge in [0.05, 0.1) is 13.2 Å². The van der Waals surface area contributed by atoms with Gasteiger partial charge in [-0.1, -0.05) is 18.7 Å². The molecule has 90 valence electrons. The molecule has 1 amide bonds. The summed E-state index contributed by atoms with van der Waals surface area (Å²) in [5, 5.41) is 0. The van der Waals surface area contributed by atoms with Crippen molar-refractivity contribution in [3.05, 3.63) is 48.3 Å². The van der Waals surface area contributed by atoms with Crippen LogP contribution in [0.25, 0.3) is 0 Å². The van der Waals surface area contributed by atoms with Crippen LogP contribution in [0.4, 0.5) is 4.39 Å². The molecule has 0 aliphatic carbocycles. The smallest absolute Gasteiger partial charge is 0.246 e. The van der Waals surface area contributed by atoms with Gasteiger partial charge in [0.1, 0.15) is 11.9 Å². The molecule has 1 aromatic rings. The van der Waals surface area contributed by atoms with Crippen LogP contribution in [0.2, 0.25) is 0 Å². The molecule has 3 nitrogen and oxygen atoms in total. The van der Waals surface area contributed by atoms with Crippen LogP contribution in [0.1, 0.15) is 11.7 Å². The first-order valence-corrected chi connectivity index (χ1v) is 5.49. The van der Waals surface area contributed by atoms with E-state index in [1.807, 2.05) is 0 Å². The fourth-order valence-electron chi connectivity index (χ4n) is 1.89. The summed E-state index contributed by atoms with van der Waals surface area (Å²) in [6, 6.07) is 6.27. The van der Waals surface area contributed by atoms with Gasteiger partial charge in [0.2, 0.25) is 5.91 Å². The van der Waals surface area contributed by atoms with Gasteiger partial charge >= 0.3 is 0 Å². The first-order valence-electron chi connectivity index (χ1n) is 5.49. The Bertz CT molecular complexity index is 433. The Morgan fingerprint density at radius 2 is 2.41 bits per heavy atom. The van der Waals surface area contributed by atoms with Crippen LogP contribution in [0.3, 0.4) is 0 Å². The van der Waals surface area contributed by atoms with E-state index in [-0.39, 0.29) is 17.8 Å². The van der Waals surface area contributed by atoms with E-state index in [4.69, 9.17) is 4.74 Å². The minimum atomic E-state index is -0.293. The number of nitrogens with zero attached hydrogens (tertiary/aromatic N) is 1. The van der Waals surface area contributed by atoms with Crippen LogP contribution in [0, 0.1) is 5.82 Å². The Hall–Kier alpha value is -1.68. The summed E-state index contributed by atoms with van der Waals surface area (Å²) in [5.74, 6) is -0.409. The normalized spacial score (nSPS) is 20.1. The van der Waals surface area contributed by atoms with Crippen molar-refractivity contribution in [2.24, 2.45) is 0 Å². The largest absolute Gasteiger partial charge is 0.370 e. The van der Waals surface area contributed by atoms with Gasteiger partial charge in [-0.3, -0.25) is 4.79 Å². The molecule has 0 radical (unpaired) electrons. The summed E-state index contributed by atoms with van der Waals surface area (Å²) in [4.78, 5) is 13.1. The molecule has 0 N–H and O–H groups in total. The van der Waals surface area contributed by atoms with E-state index in [0.717, 1.165) is 5.56 Å². The van der Waals surface area contributed by atoms with Crippen LogP contribution in [-0.4, -0.2) is 30.5 Å². The van der Waals surface area contributed by atoms with Gasteiger partial charge in [0.15, 0.2) is 0 Å². The van der Waals surface area contributed by atoms with Crippen molar-refractivity contribution < 1.29 is 13.9 Å². The Morgan fingerprint density at radius 3 is 3.12 bits per heavy atom. The predicted octanol–water partition coefficient (Wildman–Crippen LogP) is 1.91. The number of morpholine rings is 1. The van der Waals surface area contributed by atoms with E-state index in [1.165, 1.54) is 18.2 Å². The van der Waals surface area contributed by atoms with E-state index in [2.05, 4.69) is 6.58 Å². The second-order valence-electron chi connectivity index (χ2n) is 3.90. The molecule has 1 fully saturated rings. The van der Waals surface area contributed by atoms with E-state index >= 15 is 0 Å². The Labute approximate surface area is 99.5 Å². The topological polar surface area (TPSA) is 29.5 Å². The number of carbonyl (C=O) groups is 1. The van der Waals surface area contributed by atoms with Crippen molar-refractivity contribution in [3.8, 4) is 0 Å². The molecule has 1 saturated heterocycles. The highest BCUT2D eigenvalue weighted by molar-refractivity contribution is 5.87. The highest BCUT2D eigenvalue weighted by Gasteiger charge is 2.24. The van der Waals surface area contributed by atoms with Crippen LogP contribution in [0.5, 0.6) is 0 Å². The van der Waals surface area contributed by atoms with Crippen molar-refractivity contribution in [2.45, 2.75) is 6.10 Å². The average molecular weight is 235 g/mol. The summed E-state index contributed by atoms with van der Waals surface area (Å²) in [6.07, 6.45) is 1.02. The lowest BCUT2D eigenvalue weighted by atomic mass is 10.1. The second-order valence-corrected chi connectivity index (χ2v) is 3.90. The minimum absolute atomic E-state index is 0.116. The minimum Gasteiger partial charge on any atom is -0.370 e. The summed E-state index contributed by atoms with van der Waals surface area (Å²) in [7, 11) is 0. The van der Waals surface area contributed by atoms with Gasteiger partial charge in [-0.15, -0.1) is 0 Å². The number of ether oxygens (including phenoxy) is 1. The van der Waals surface area contributed by atoms with E-state index < -0.39 is 0 Å². The number of rotatable bonds is 2. The molecule has 0 saturated carbocycles. The van der Waals surface area contributed by atoms with Crippen molar-refractivity contribution in [3.63, 3.8) is 0 Å². The number of amides is 1. The first-order chi connectivity index (χ1) is 8.20. The fraction of sp³-hybridized carbons (Fsp3) is 0.308. The maximum absolute atomic E-state index is 13.1. The number of hydrogen-bond donors (Lipinski definition) is 0. The molecule has 1 aliphatic rings. The molecular weight excluding hydrogens is 221 g/mol. The molecule has 4 heteroatoms. The van der Waals surface area contributed by atoms with Crippen molar-refractivity contribution >= 4 is 5.91 Å². The lowest BCUT2D eigenvalue weighted by Gasteiger charge is -2.32. The molecule has 0 spiro atoms. The molecule has 1 unspecified atom stereocenters. The van der Waals surface area contributed by atoms with Crippen LogP contribution < -0.4 is 0 Å². The molecule has 1 aromatic carbocycles. The Morgan fingerprint density at radius 1 is 1.59 bits per heavy atom. The molecule has 1 aliphatic heterocycles. The third kappa shape index (κ3) is 2.71. The molecule has 2 rings (SSSR count). The number of halogens is 1. The summed E-state index contributed by atoms with van der Waals surface area (Å²) >= 11 is 0. The molecule has 0 bridgehead atoms. The summed E-state index contributed by atoms with van der Waals surface area (Å²) in [6.45, 7) is 4.91.